The van der Waals surface area contributed by atoms with E-state index >= 15 is 0 Å². The normalized spacial score (nSPS) is 13.8. The van der Waals surface area contributed by atoms with Gasteiger partial charge in [0.2, 0.25) is 5.91 Å². The summed E-state index contributed by atoms with van der Waals surface area (Å²) in [5, 5.41) is 2.84. The van der Waals surface area contributed by atoms with Crippen molar-refractivity contribution in [2.45, 2.75) is 12.8 Å². The van der Waals surface area contributed by atoms with Gasteiger partial charge < -0.3 is 10.2 Å². The predicted octanol–water partition coefficient (Wildman–Crippen LogP) is 2.65. The first kappa shape index (κ1) is 16.0. The van der Waals surface area contributed by atoms with Crippen LogP contribution in [0.15, 0.2) is 61.3 Å². The Balaban J connectivity index is 1.43. The SMILES string of the molecule is O=C(Nc1ccc(N2CCCC2=O)cc1)c1ccc(-n2ccnc2)nc1. The Morgan fingerprint density at radius 1 is 1.12 bits per heavy atom. The van der Waals surface area contributed by atoms with Gasteiger partial charge in [-0.05, 0) is 42.8 Å². The zero-order valence-corrected chi connectivity index (χ0v) is 14.0. The Morgan fingerprint density at radius 2 is 1.96 bits per heavy atom. The van der Waals surface area contributed by atoms with Gasteiger partial charge >= 0.3 is 0 Å². The average Bonchev–Trinajstić information content (AvgIpc) is 3.34. The van der Waals surface area contributed by atoms with Gasteiger partial charge in [-0.25, -0.2) is 9.97 Å². The maximum absolute atomic E-state index is 12.4. The van der Waals surface area contributed by atoms with Gasteiger partial charge in [0.1, 0.15) is 12.1 Å². The van der Waals surface area contributed by atoms with Crippen molar-refractivity contribution in [1.82, 2.24) is 14.5 Å². The summed E-state index contributed by atoms with van der Waals surface area (Å²) in [6.07, 6.45) is 8.12. The smallest absolute Gasteiger partial charge is 0.257 e. The number of pyridine rings is 1. The van der Waals surface area contributed by atoms with Gasteiger partial charge in [-0.2, -0.15) is 0 Å². The first-order chi connectivity index (χ1) is 12.7. The van der Waals surface area contributed by atoms with E-state index in [-0.39, 0.29) is 11.8 Å². The van der Waals surface area contributed by atoms with E-state index in [2.05, 4.69) is 15.3 Å². The second-order valence-electron chi connectivity index (χ2n) is 6.02. The topological polar surface area (TPSA) is 80.1 Å². The highest BCUT2D eigenvalue weighted by molar-refractivity contribution is 6.04. The standard InChI is InChI=1S/C19H17N5O2/c25-18-2-1-10-24(18)16-6-4-15(5-7-16)22-19(26)14-3-8-17(21-12-14)23-11-9-20-13-23/h3-9,11-13H,1-2,10H2,(H,22,26). The molecule has 1 aliphatic rings. The highest BCUT2D eigenvalue weighted by Crippen LogP contribution is 2.23. The molecule has 0 unspecified atom stereocenters. The van der Waals surface area contributed by atoms with Crippen molar-refractivity contribution in [3.63, 3.8) is 0 Å². The molecule has 130 valence electrons. The second-order valence-corrected chi connectivity index (χ2v) is 6.02. The number of rotatable bonds is 4. The summed E-state index contributed by atoms with van der Waals surface area (Å²) >= 11 is 0. The van der Waals surface area contributed by atoms with Crippen LogP contribution in [0.2, 0.25) is 0 Å². The van der Waals surface area contributed by atoms with Gasteiger partial charge in [0, 0.05) is 42.9 Å². The highest BCUT2D eigenvalue weighted by Gasteiger charge is 2.21. The number of benzene rings is 1. The minimum Gasteiger partial charge on any atom is -0.322 e. The number of hydrogen-bond donors (Lipinski definition) is 1. The molecule has 4 rings (SSSR count). The predicted molar refractivity (Wildman–Crippen MR) is 97.3 cm³/mol. The van der Waals surface area contributed by atoms with Gasteiger partial charge in [0.25, 0.3) is 5.91 Å². The maximum atomic E-state index is 12.4. The molecule has 1 aliphatic heterocycles. The van der Waals surface area contributed by atoms with Crippen LogP contribution in [0.3, 0.4) is 0 Å². The van der Waals surface area contributed by atoms with E-state index < -0.39 is 0 Å². The van der Waals surface area contributed by atoms with Crippen molar-refractivity contribution in [2.75, 3.05) is 16.8 Å². The third-order valence-corrected chi connectivity index (χ3v) is 4.29. The van der Waals surface area contributed by atoms with E-state index in [1.807, 2.05) is 12.1 Å². The monoisotopic (exact) mass is 347 g/mol. The van der Waals surface area contributed by atoms with Crippen LogP contribution in [0.5, 0.6) is 0 Å². The highest BCUT2D eigenvalue weighted by atomic mass is 16.2. The molecular weight excluding hydrogens is 330 g/mol. The van der Waals surface area contributed by atoms with E-state index in [1.165, 1.54) is 6.20 Å². The van der Waals surface area contributed by atoms with Crippen molar-refractivity contribution >= 4 is 23.2 Å². The van der Waals surface area contributed by atoms with Gasteiger partial charge in [-0.1, -0.05) is 0 Å². The van der Waals surface area contributed by atoms with Crippen LogP contribution in [0.1, 0.15) is 23.2 Å². The largest absolute Gasteiger partial charge is 0.322 e. The number of nitrogens with one attached hydrogen (secondary N) is 1. The maximum Gasteiger partial charge on any atom is 0.257 e. The van der Waals surface area contributed by atoms with Crippen molar-refractivity contribution in [3.8, 4) is 5.82 Å². The number of hydrogen-bond acceptors (Lipinski definition) is 4. The Kier molecular flexibility index (Phi) is 4.18. The molecule has 1 aromatic carbocycles. The van der Waals surface area contributed by atoms with Crippen LogP contribution in [0.4, 0.5) is 11.4 Å². The molecule has 3 heterocycles. The first-order valence-corrected chi connectivity index (χ1v) is 8.37. The Bertz CT molecular complexity index is 918. The first-order valence-electron chi connectivity index (χ1n) is 8.37. The Hall–Kier alpha value is -3.48. The summed E-state index contributed by atoms with van der Waals surface area (Å²) in [6, 6.07) is 10.8. The molecule has 0 atom stereocenters. The molecule has 3 aromatic rings. The molecule has 0 spiro atoms. The quantitative estimate of drug-likeness (QED) is 0.787. The second kappa shape index (κ2) is 6.79. The van der Waals surface area contributed by atoms with Gasteiger partial charge in [-0.15, -0.1) is 0 Å². The van der Waals surface area contributed by atoms with Crippen LogP contribution in [0.25, 0.3) is 5.82 Å². The molecule has 7 nitrogen and oxygen atoms in total. The molecule has 0 bridgehead atoms. The van der Waals surface area contributed by atoms with Crippen LogP contribution >= 0.6 is 0 Å². The number of amides is 2. The molecule has 2 amide bonds. The number of carbonyl (C=O) groups is 2. The number of nitrogens with zero attached hydrogens (tertiary/aromatic N) is 4. The summed E-state index contributed by atoms with van der Waals surface area (Å²) in [5.41, 5.74) is 1.99. The Morgan fingerprint density at radius 3 is 2.58 bits per heavy atom. The summed E-state index contributed by atoms with van der Waals surface area (Å²) in [4.78, 5) is 34.2. The lowest BCUT2D eigenvalue weighted by atomic mass is 10.2. The van der Waals surface area contributed by atoms with E-state index in [4.69, 9.17) is 0 Å². The summed E-state index contributed by atoms with van der Waals surface area (Å²) in [7, 11) is 0. The van der Waals surface area contributed by atoms with Crippen molar-refractivity contribution < 1.29 is 9.59 Å². The van der Waals surface area contributed by atoms with Crippen LogP contribution < -0.4 is 10.2 Å². The lowest BCUT2D eigenvalue weighted by Crippen LogP contribution is -2.23. The molecule has 1 saturated heterocycles. The van der Waals surface area contributed by atoms with Crippen LogP contribution in [-0.2, 0) is 4.79 Å². The fourth-order valence-electron chi connectivity index (χ4n) is 2.92. The molecule has 0 radical (unpaired) electrons. The summed E-state index contributed by atoms with van der Waals surface area (Å²) in [5.74, 6) is 0.601. The third kappa shape index (κ3) is 3.19. The minimum absolute atomic E-state index is 0.144. The number of anilines is 2. The van der Waals surface area contributed by atoms with Crippen LogP contribution in [0, 0.1) is 0 Å². The number of imidazole rings is 1. The lowest BCUT2D eigenvalue weighted by Gasteiger charge is -2.16. The van der Waals surface area contributed by atoms with E-state index in [0.29, 0.717) is 23.5 Å². The lowest BCUT2D eigenvalue weighted by molar-refractivity contribution is -0.117. The number of carbonyl (C=O) groups excluding carboxylic acids is 2. The zero-order chi connectivity index (χ0) is 17.9. The molecule has 0 saturated carbocycles. The van der Waals surface area contributed by atoms with Gasteiger partial charge in [0.15, 0.2) is 0 Å². The Labute approximate surface area is 150 Å². The number of aromatic nitrogens is 3. The molecule has 1 N–H and O–H groups in total. The van der Waals surface area contributed by atoms with Crippen molar-refractivity contribution in [1.29, 1.82) is 0 Å². The average molecular weight is 347 g/mol. The molecule has 26 heavy (non-hydrogen) atoms. The molecule has 1 fully saturated rings. The van der Waals surface area contributed by atoms with Gasteiger partial charge in [-0.3, -0.25) is 14.2 Å². The fourth-order valence-corrected chi connectivity index (χ4v) is 2.92. The third-order valence-electron chi connectivity index (χ3n) is 4.29. The summed E-state index contributed by atoms with van der Waals surface area (Å²) in [6.45, 7) is 0.749. The molecule has 7 heteroatoms. The minimum atomic E-state index is -0.236. The van der Waals surface area contributed by atoms with Crippen LogP contribution in [-0.4, -0.2) is 32.9 Å². The van der Waals surface area contributed by atoms with Crippen molar-refractivity contribution in [3.05, 3.63) is 66.9 Å². The zero-order valence-electron chi connectivity index (χ0n) is 14.0. The molecule has 0 aliphatic carbocycles. The van der Waals surface area contributed by atoms with E-state index in [9.17, 15) is 9.59 Å². The van der Waals surface area contributed by atoms with Gasteiger partial charge in [0.05, 0.1) is 5.56 Å². The summed E-state index contributed by atoms with van der Waals surface area (Å²) < 4.78 is 1.76. The fraction of sp³-hybridized carbons (Fsp3) is 0.158. The molecular formula is C19H17N5O2. The van der Waals surface area contributed by atoms with E-state index in [0.717, 1.165) is 18.7 Å². The molecule has 2 aromatic heterocycles. The van der Waals surface area contributed by atoms with Crippen molar-refractivity contribution in [2.24, 2.45) is 0 Å². The van der Waals surface area contributed by atoms with E-state index in [1.54, 1.807) is 52.5 Å².